The average molecular weight is 279 g/mol. The van der Waals surface area contributed by atoms with Gasteiger partial charge in [0.15, 0.2) is 0 Å². The molecule has 19 heavy (non-hydrogen) atoms. The van der Waals surface area contributed by atoms with Gasteiger partial charge in [-0.3, -0.25) is 0 Å². The standard InChI is InChI=1S/C15H25N3S/c1-3-9-16-14-10-13(12-7-5-6-8-12)17-15(18-14)11-19-4-2/h10,12H,3-9,11H2,1-2H3,(H,16,17,18). The van der Waals surface area contributed by atoms with Crippen LogP contribution in [-0.2, 0) is 5.75 Å². The van der Waals surface area contributed by atoms with Gasteiger partial charge >= 0.3 is 0 Å². The lowest BCUT2D eigenvalue weighted by Gasteiger charge is -2.13. The lowest BCUT2D eigenvalue weighted by atomic mass is 10.0. The Morgan fingerprint density at radius 2 is 2.05 bits per heavy atom. The molecule has 0 saturated heterocycles. The summed E-state index contributed by atoms with van der Waals surface area (Å²) in [7, 11) is 0. The molecule has 1 aromatic heterocycles. The van der Waals surface area contributed by atoms with E-state index < -0.39 is 0 Å². The summed E-state index contributed by atoms with van der Waals surface area (Å²) in [4.78, 5) is 9.43. The topological polar surface area (TPSA) is 37.8 Å². The molecule has 0 aliphatic heterocycles. The number of nitrogens with zero attached hydrogens (tertiary/aromatic N) is 2. The summed E-state index contributed by atoms with van der Waals surface area (Å²) in [6.07, 6.45) is 6.42. The molecule has 0 atom stereocenters. The first-order valence-corrected chi connectivity index (χ1v) is 8.68. The van der Waals surface area contributed by atoms with Gasteiger partial charge in [0.2, 0.25) is 0 Å². The lowest BCUT2D eigenvalue weighted by Crippen LogP contribution is -2.08. The minimum Gasteiger partial charge on any atom is -0.370 e. The highest BCUT2D eigenvalue weighted by Crippen LogP contribution is 2.33. The number of hydrogen-bond donors (Lipinski definition) is 1. The van der Waals surface area contributed by atoms with E-state index in [0.29, 0.717) is 5.92 Å². The largest absolute Gasteiger partial charge is 0.370 e. The Kier molecular flexibility index (Phi) is 5.95. The first-order chi connectivity index (χ1) is 9.33. The van der Waals surface area contributed by atoms with Gasteiger partial charge in [-0.25, -0.2) is 9.97 Å². The Morgan fingerprint density at radius 1 is 1.26 bits per heavy atom. The molecular weight excluding hydrogens is 254 g/mol. The van der Waals surface area contributed by atoms with Gasteiger partial charge in [-0.05, 0) is 25.0 Å². The van der Waals surface area contributed by atoms with Gasteiger partial charge in [-0.15, -0.1) is 0 Å². The van der Waals surface area contributed by atoms with Gasteiger partial charge in [-0.1, -0.05) is 26.7 Å². The molecule has 1 N–H and O–H groups in total. The fourth-order valence-corrected chi connectivity index (χ4v) is 3.07. The summed E-state index contributed by atoms with van der Waals surface area (Å²) in [5.41, 5.74) is 1.26. The van der Waals surface area contributed by atoms with Crippen molar-refractivity contribution in [2.24, 2.45) is 0 Å². The van der Waals surface area contributed by atoms with Crippen LogP contribution in [0, 0.1) is 0 Å². The Balaban J connectivity index is 2.14. The molecular formula is C15H25N3S. The van der Waals surface area contributed by atoms with Crippen LogP contribution in [0.4, 0.5) is 5.82 Å². The number of rotatable bonds is 7. The number of hydrogen-bond acceptors (Lipinski definition) is 4. The van der Waals surface area contributed by atoms with Crippen LogP contribution < -0.4 is 5.32 Å². The molecule has 1 aliphatic rings. The summed E-state index contributed by atoms with van der Waals surface area (Å²) in [5, 5.41) is 3.41. The van der Waals surface area contributed by atoms with E-state index >= 15 is 0 Å². The van der Waals surface area contributed by atoms with Crippen molar-refractivity contribution >= 4 is 17.6 Å². The fraction of sp³-hybridized carbons (Fsp3) is 0.733. The monoisotopic (exact) mass is 279 g/mol. The average Bonchev–Trinajstić information content (AvgIpc) is 2.97. The van der Waals surface area contributed by atoms with E-state index in [1.165, 1.54) is 31.4 Å². The summed E-state index contributed by atoms with van der Waals surface area (Å²) in [6.45, 7) is 5.35. The maximum absolute atomic E-state index is 4.79. The van der Waals surface area contributed by atoms with Gasteiger partial charge in [0.25, 0.3) is 0 Å². The first kappa shape index (κ1) is 14.6. The highest BCUT2D eigenvalue weighted by atomic mass is 32.2. The van der Waals surface area contributed by atoms with Gasteiger partial charge in [0, 0.05) is 24.2 Å². The van der Waals surface area contributed by atoms with E-state index in [2.05, 4.69) is 30.2 Å². The molecule has 1 heterocycles. The lowest BCUT2D eigenvalue weighted by molar-refractivity contribution is 0.688. The predicted octanol–water partition coefficient (Wildman–Crippen LogP) is 4.21. The molecule has 106 valence electrons. The number of nitrogens with one attached hydrogen (secondary N) is 1. The third-order valence-corrected chi connectivity index (χ3v) is 4.43. The van der Waals surface area contributed by atoms with E-state index in [1.54, 1.807) is 0 Å². The Morgan fingerprint density at radius 3 is 2.74 bits per heavy atom. The molecule has 0 unspecified atom stereocenters. The molecule has 1 fully saturated rings. The Hall–Kier alpha value is -0.770. The van der Waals surface area contributed by atoms with Gasteiger partial charge in [0.05, 0.1) is 5.75 Å². The van der Waals surface area contributed by atoms with E-state index in [-0.39, 0.29) is 0 Å². The molecule has 1 saturated carbocycles. The Labute approximate surface area is 121 Å². The van der Waals surface area contributed by atoms with Crippen LogP contribution in [0.15, 0.2) is 6.07 Å². The van der Waals surface area contributed by atoms with Crippen molar-refractivity contribution in [1.82, 2.24) is 9.97 Å². The summed E-state index contributed by atoms with van der Waals surface area (Å²) >= 11 is 1.89. The molecule has 1 aliphatic carbocycles. The summed E-state index contributed by atoms with van der Waals surface area (Å²) in [5.74, 6) is 4.72. The zero-order chi connectivity index (χ0) is 13.5. The fourth-order valence-electron chi connectivity index (χ4n) is 2.55. The van der Waals surface area contributed by atoms with Crippen molar-refractivity contribution in [3.63, 3.8) is 0 Å². The molecule has 4 heteroatoms. The maximum Gasteiger partial charge on any atom is 0.140 e. The predicted molar refractivity (Wildman–Crippen MR) is 83.9 cm³/mol. The SMILES string of the molecule is CCCNc1cc(C2CCCC2)nc(CSCC)n1. The summed E-state index contributed by atoms with van der Waals surface area (Å²) < 4.78 is 0. The van der Waals surface area contributed by atoms with Crippen LogP contribution >= 0.6 is 11.8 Å². The van der Waals surface area contributed by atoms with Crippen molar-refractivity contribution in [1.29, 1.82) is 0 Å². The van der Waals surface area contributed by atoms with E-state index in [0.717, 1.165) is 36.1 Å². The Bertz CT molecular complexity index is 363. The smallest absolute Gasteiger partial charge is 0.140 e. The van der Waals surface area contributed by atoms with Crippen molar-refractivity contribution in [3.8, 4) is 0 Å². The highest BCUT2D eigenvalue weighted by Gasteiger charge is 2.19. The third kappa shape index (κ3) is 4.37. The molecule has 0 amide bonds. The van der Waals surface area contributed by atoms with Gasteiger partial charge in [-0.2, -0.15) is 11.8 Å². The second kappa shape index (κ2) is 7.73. The number of aromatic nitrogens is 2. The zero-order valence-corrected chi connectivity index (χ0v) is 12.9. The minimum absolute atomic E-state index is 0.663. The molecule has 2 rings (SSSR count). The molecule has 0 aromatic carbocycles. The quantitative estimate of drug-likeness (QED) is 0.811. The van der Waals surface area contributed by atoms with Crippen molar-refractivity contribution in [2.45, 2.75) is 57.6 Å². The molecule has 0 spiro atoms. The van der Waals surface area contributed by atoms with Crippen molar-refractivity contribution < 1.29 is 0 Å². The van der Waals surface area contributed by atoms with Gasteiger partial charge in [0.1, 0.15) is 11.6 Å². The third-order valence-electron chi connectivity index (χ3n) is 3.56. The van der Waals surface area contributed by atoms with Crippen LogP contribution in [-0.4, -0.2) is 22.3 Å². The molecule has 0 bridgehead atoms. The van der Waals surface area contributed by atoms with Crippen LogP contribution in [0.3, 0.4) is 0 Å². The van der Waals surface area contributed by atoms with Gasteiger partial charge < -0.3 is 5.32 Å². The number of anilines is 1. The first-order valence-electron chi connectivity index (χ1n) is 7.53. The zero-order valence-electron chi connectivity index (χ0n) is 12.1. The van der Waals surface area contributed by atoms with E-state index in [9.17, 15) is 0 Å². The highest BCUT2D eigenvalue weighted by molar-refractivity contribution is 7.98. The van der Waals surface area contributed by atoms with Crippen LogP contribution in [0.1, 0.15) is 63.4 Å². The van der Waals surface area contributed by atoms with Crippen molar-refractivity contribution in [3.05, 3.63) is 17.6 Å². The summed E-state index contributed by atoms with van der Waals surface area (Å²) in [6, 6.07) is 2.17. The molecule has 0 radical (unpaired) electrons. The second-order valence-electron chi connectivity index (χ2n) is 5.14. The minimum atomic E-state index is 0.663. The maximum atomic E-state index is 4.79. The molecule has 3 nitrogen and oxygen atoms in total. The second-order valence-corrected chi connectivity index (χ2v) is 6.41. The van der Waals surface area contributed by atoms with Crippen molar-refractivity contribution in [2.75, 3.05) is 17.6 Å². The normalized spacial score (nSPS) is 15.9. The van der Waals surface area contributed by atoms with Crippen LogP contribution in [0.25, 0.3) is 0 Å². The van der Waals surface area contributed by atoms with Crippen LogP contribution in [0.2, 0.25) is 0 Å². The van der Waals surface area contributed by atoms with Crippen LogP contribution in [0.5, 0.6) is 0 Å². The number of thioether (sulfide) groups is 1. The van der Waals surface area contributed by atoms with E-state index in [4.69, 9.17) is 4.98 Å². The van der Waals surface area contributed by atoms with E-state index in [1.807, 2.05) is 11.8 Å². The molecule has 1 aromatic rings.